The zero-order chi connectivity index (χ0) is 16.4. The third kappa shape index (κ3) is 2.98. The van der Waals surface area contributed by atoms with Gasteiger partial charge in [0.1, 0.15) is 17.6 Å². The van der Waals surface area contributed by atoms with Crippen LogP contribution in [-0.4, -0.2) is 24.6 Å². The number of aromatic nitrogens is 1. The fourth-order valence-electron chi connectivity index (χ4n) is 2.28. The van der Waals surface area contributed by atoms with E-state index in [0.29, 0.717) is 35.0 Å². The summed E-state index contributed by atoms with van der Waals surface area (Å²) in [6.45, 7) is 0.272. The Balaban J connectivity index is 1.96. The number of carbonyl (C=O) groups is 1. The third-order valence-corrected chi connectivity index (χ3v) is 4.07. The highest BCUT2D eigenvalue weighted by Crippen LogP contribution is 2.40. The first-order chi connectivity index (χ1) is 11.1. The van der Waals surface area contributed by atoms with E-state index >= 15 is 0 Å². The molecular formula is C16H12BrN3O3. The lowest BCUT2D eigenvalue weighted by Crippen LogP contribution is -2.38. The van der Waals surface area contributed by atoms with Crippen LogP contribution in [0.2, 0.25) is 0 Å². The van der Waals surface area contributed by atoms with E-state index in [1.165, 1.54) is 6.20 Å². The van der Waals surface area contributed by atoms with E-state index in [4.69, 9.17) is 14.7 Å². The van der Waals surface area contributed by atoms with Crippen LogP contribution in [0, 0.1) is 11.3 Å². The van der Waals surface area contributed by atoms with Crippen LogP contribution in [0.15, 0.2) is 34.9 Å². The molecule has 6 nitrogen and oxygen atoms in total. The molecule has 0 N–H and O–H groups in total. The summed E-state index contributed by atoms with van der Waals surface area (Å²) in [5.74, 6) is 1.05. The lowest BCUT2D eigenvalue weighted by atomic mass is 10.2. The largest absolute Gasteiger partial charge is 0.495 e. The molecule has 0 saturated carbocycles. The Morgan fingerprint density at radius 2 is 2.30 bits per heavy atom. The number of methoxy groups -OCH3 is 1. The predicted octanol–water partition coefficient (Wildman–Crippen LogP) is 2.65. The lowest BCUT2D eigenvalue weighted by molar-refractivity contribution is -0.121. The second kappa shape index (κ2) is 6.26. The van der Waals surface area contributed by atoms with E-state index < -0.39 is 0 Å². The summed E-state index contributed by atoms with van der Waals surface area (Å²) in [4.78, 5) is 18.1. The zero-order valence-electron chi connectivity index (χ0n) is 12.2. The van der Waals surface area contributed by atoms with Gasteiger partial charge in [0.05, 0.1) is 35.1 Å². The van der Waals surface area contributed by atoms with Crippen molar-refractivity contribution in [3.63, 3.8) is 0 Å². The molecule has 0 atom stereocenters. The molecule has 0 unspecified atom stereocenters. The average Bonchev–Trinajstić information content (AvgIpc) is 2.57. The van der Waals surface area contributed by atoms with Gasteiger partial charge in [0.15, 0.2) is 6.61 Å². The van der Waals surface area contributed by atoms with Gasteiger partial charge in [-0.2, -0.15) is 5.26 Å². The van der Waals surface area contributed by atoms with Crippen LogP contribution < -0.4 is 14.4 Å². The minimum Gasteiger partial charge on any atom is -0.495 e. The Morgan fingerprint density at radius 1 is 1.48 bits per heavy atom. The van der Waals surface area contributed by atoms with E-state index in [-0.39, 0.29) is 12.5 Å². The smallest absolute Gasteiger partial charge is 0.265 e. The Morgan fingerprint density at radius 3 is 2.96 bits per heavy atom. The molecule has 0 fully saturated rings. The molecule has 1 aliphatic rings. The van der Waals surface area contributed by atoms with Crippen molar-refractivity contribution < 1.29 is 14.3 Å². The highest BCUT2D eigenvalue weighted by molar-refractivity contribution is 9.10. The highest BCUT2D eigenvalue weighted by Gasteiger charge is 2.27. The van der Waals surface area contributed by atoms with Crippen LogP contribution in [0.1, 0.15) is 11.3 Å². The van der Waals surface area contributed by atoms with Crippen LogP contribution in [0.5, 0.6) is 11.5 Å². The number of rotatable bonds is 3. The summed E-state index contributed by atoms with van der Waals surface area (Å²) in [6.07, 6.45) is 1.49. The molecule has 1 aromatic carbocycles. The quantitative estimate of drug-likeness (QED) is 0.826. The van der Waals surface area contributed by atoms with Crippen molar-refractivity contribution in [1.29, 1.82) is 5.26 Å². The van der Waals surface area contributed by atoms with Crippen molar-refractivity contribution in [2.45, 2.75) is 6.54 Å². The van der Waals surface area contributed by atoms with E-state index in [2.05, 4.69) is 20.9 Å². The molecule has 1 amide bonds. The van der Waals surface area contributed by atoms with Crippen LogP contribution in [-0.2, 0) is 11.3 Å². The lowest BCUT2D eigenvalue weighted by Gasteiger charge is -2.29. The van der Waals surface area contributed by atoms with Gasteiger partial charge in [-0.1, -0.05) is 0 Å². The number of nitrogens with zero attached hydrogens (tertiary/aromatic N) is 3. The SMILES string of the molecule is COc1cc2c(cc1Br)OCC(=O)N2Cc1ccc(C#N)cn1. The first kappa shape index (κ1) is 15.3. The number of amides is 1. The maximum atomic E-state index is 12.2. The molecule has 116 valence electrons. The first-order valence-corrected chi connectivity index (χ1v) is 7.57. The minimum atomic E-state index is -0.159. The van der Waals surface area contributed by atoms with E-state index in [1.54, 1.807) is 36.3 Å². The van der Waals surface area contributed by atoms with Crippen molar-refractivity contribution in [2.75, 3.05) is 18.6 Å². The topological polar surface area (TPSA) is 75.5 Å². The second-order valence-corrected chi connectivity index (χ2v) is 5.73. The molecule has 0 radical (unpaired) electrons. The Bertz CT molecular complexity index is 799. The zero-order valence-corrected chi connectivity index (χ0v) is 13.8. The Labute approximate surface area is 141 Å². The fraction of sp³-hybridized carbons (Fsp3) is 0.188. The second-order valence-electron chi connectivity index (χ2n) is 4.87. The summed E-state index contributed by atoms with van der Waals surface area (Å²) in [5, 5.41) is 8.82. The van der Waals surface area contributed by atoms with E-state index in [1.807, 2.05) is 6.07 Å². The Hall–Kier alpha value is -2.59. The fourth-order valence-corrected chi connectivity index (χ4v) is 2.76. The molecule has 2 heterocycles. The molecule has 23 heavy (non-hydrogen) atoms. The van der Waals surface area contributed by atoms with Crippen LogP contribution >= 0.6 is 15.9 Å². The molecule has 1 aromatic heterocycles. The molecular weight excluding hydrogens is 362 g/mol. The summed E-state index contributed by atoms with van der Waals surface area (Å²) in [7, 11) is 1.56. The van der Waals surface area contributed by atoms with Gasteiger partial charge in [0, 0.05) is 18.3 Å². The summed E-state index contributed by atoms with van der Waals surface area (Å²) < 4.78 is 11.5. The maximum absolute atomic E-state index is 12.2. The number of pyridine rings is 1. The standard InChI is InChI=1S/C16H12BrN3O3/c1-22-14-5-13-15(4-12(14)17)23-9-16(21)20(13)8-11-3-2-10(6-18)7-19-11/h2-5,7H,8-9H2,1H3. The summed E-state index contributed by atoms with van der Waals surface area (Å²) >= 11 is 3.40. The van der Waals surface area contributed by atoms with E-state index in [0.717, 1.165) is 4.47 Å². The number of carbonyl (C=O) groups excluding carboxylic acids is 1. The maximum Gasteiger partial charge on any atom is 0.265 e. The number of hydrogen-bond acceptors (Lipinski definition) is 5. The van der Waals surface area contributed by atoms with Crippen molar-refractivity contribution in [1.82, 2.24) is 4.98 Å². The normalized spacial score (nSPS) is 13.1. The molecule has 2 aromatic rings. The predicted molar refractivity (Wildman–Crippen MR) is 86.3 cm³/mol. The molecule has 0 spiro atoms. The number of halogens is 1. The minimum absolute atomic E-state index is 0.0257. The number of hydrogen-bond donors (Lipinski definition) is 0. The van der Waals surface area contributed by atoms with Crippen LogP contribution in [0.3, 0.4) is 0 Å². The number of anilines is 1. The number of fused-ring (bicyclic) bond motifs is 1. The van der Waals surface area contributed by atoms with Gasteiger partial charge >= 0.3 is 0 Å². The van der Waals surface area contributed by atoms with Gasteiger partial charge in [-0.3, -0.25) is 14.7 Å². The molecule has 0 saturated heterocycles. The van der Waals surface area contributed by atoms with Gasteiger partial charge in [0.25, 0.3) is 5.91 Å². The monoisotopic (exact) mass is 373 g/mol. The van der Waals surface area contributed by atoms with Crippen molar-refractivity contribution in [3.8, 4) is 17.6 Å². The van der Waals surface area contributed by atoms with Gasteiger partial charge in [-0.25, -0.2) is 0 Å². The van der Waals surface area contributed by atoms with Crippen molar-refractivity contribution in [2.24, 2.45) is 0 Å². The molecule has 0 aliphatic carbocycles. The van der Waals surface area contributed by atoms with Crippen molar-refractivity contribution in [3.05, 3.63) is 46.2 Å². The average molecular weight is 374 g/mol. The van der Waals surface area contributed by atoms with Crippen molar-refractivity contribution >= 4 is 27.5 Å². The number of ether oxygens (including phenoxy) is 2. The number of nitriles is 1. The van der Waals surface area contributed by atoms with Crippen LogP contribution in [0.25, 0.3) is 0 Å². The van der Waals surface area contributed by atoms with Crippen LogP contribution in [0.4, 0.5) is 5.69 Å². The molecule has 7 heteroatoms. The third-order valence-electron chi connectivity index (χ3n) is 3.45. The first-order valence-electron chi connectivity index (χ1n) is 6.78. The van der Waals surface area contributed by atoms with Gasteiger partial charge in [0.2, 0.25) is 0 Å². The Kier molecular flexibility index (Phi) is 4.17. The molecule has 1 aliphatic heterocycles. The van der Waals surface area contributed by atoms with Gasteiger partial charge < -0.3 is 9.47 Å². The molecule has 3 rings (SSSR count). The summed E-state index contributed by atoms with van der Waals surface area (Å²) in [5.41, 5.74) is 1.80. The summed E-state index contributed by atoms with van der Waals surface area (Å²) in [6, 6.07) is 8.96. The van der Waals surface area contributed by atoms with E-state index in [9.17, 15) is 4.79 Å². The highest BCUT2D eigenvalue weighted by atomic mass is 79.9. The van der Waals surface area contributed by atoms with Gasteiger partial charge in [-0.15, -0.1) is 0 Å². The van der Waals surface area contributed by atoms with Gasteiger partial charge in [-0.05, 0) is 28.1 Å². The number of benzene rings is 1. The molecule has 0 bridgehead atoms.